The molecule has 6 heteroatoms. The summed E-state index contributed by atoms with van der Waals surface area (Å²) in [4.78, 5) is 11.2. The van der Waals surface area contributed by atoms with Gasteiger partial charge in [-0.1, -0.05) is 37.8 Å². The fourth-order valence-corrected chi connectivity index (χ4v) is 7.13. The SMILES string of the molecule is CC(Cl)OC(=O)CCCC[C@@H]1CCS[SH]1(C)=O. The van der Waals surface area contributed by atoms with E-state index in [0.717, 1.165) is 31.4 Å². The molecule has 1 heterocycles. The summed E-state index contributed by atoms with van der Waals surface area (Å²) < 4.78 is 16.9. The lowest BCUT2D eigenvalue weighted by Crippen LogP contribution is -2.18. The van der Waals surface area contributed by atoms with Gasteiger partial charge in [0.2, 0.25) is 0 Å². The second-order valence-electron chi connectivity index (χ2n) is 4.46. The molecule has 0 radical (unpaired) electrons. The summed E-state index contributed by atoms with van der Waals surface area (Å²) in [5.74, 6) is 0.775. The van der Waals surface area contributed by atoms with Crippen molar-refractivity contribution in [1.29, 1.82) is 0 Å². The number of hydrogen-bond acceptors (Lipinski definition) is 4. The largest absolute Gasteiger partial charge is 0.446 e. The van der Waals surface area contributed by atoms with Crippen molar-refractivity contribution < 1.29 is 13.7 Å². The van der Waals surface area contributed by atoms with Gasteiger partial charge < -0.3 is 4.74 Å². The van der Waals surface area contributed by atoms with Crippen molar-refractivity contribution >= 4 is 37.3 Å². The lowest BCUT2D eigenvalue weighted by atomic mass is 10.1. The number of hydrogen-bond donors (Lipinski definition) is 1. The van der Waals surface area contributed by atoms with Crippen LogP contribution >= 0.6 is 22.4 Å². The molecule has 0 aromatic carbocycles. The lowest BCUT2D eigenvalue weighted by Gasteiger charge is -2.19. The highest BCUT2D eigenvalue weighted by atomic mass is 35.5. The van der Waals surface area contributed by atoms with Gasteiger partial charge in [-0.25, -0.2) is 0 Å². The van der Waals surface area contributed by atoms with Gasteiger partial charge >= 0.3 is 5.97 Å². The maximum absolute atomic E-state index is 12.1. The molecule has 0 aromatic rings. The van der Waals surface area contributed by atoms with Crippen molar-refractivity contribution in [3.05, 3.63) is 0 Å². The Kier molecular flexibility index (Phi) is 6.31. The normalized spacial score (nSPS) is 26.4. The number of ether oxygens (including phenoxy) is 1. The number of thiol groups is 1. The topological polar surface area (TPSA) is 43.4 Å². The molecule has 0 N–H and O–H groups in total. The Morgan fingerprint density at radius 2 is 2.29 bits per heavy atom. The molecule has 1 rings (SSSR count). The minimum absolute atomic E-state index is 0.243. The van der Waals surface area contributed by atoms with Crippen LogP contribution in [-0.4, -0.2) is 33.0 Å². The number of esters is 1. The van der Waals surface area contributed by atoms with Crippen LogP contribution in [0.4, 0.5) is 0 Å². The molecule has 0 bridgehead atoms. The van der Waals surface area contributed by atoms with Gasteiger partial charge in [0.25, 0.3) is 0 Å². The average molecular weight is 301 g/mol. The summed E-state index contributed by atoms with van der Waals surface area (Å²) in [5, 5.41) is 0.357. The van der Waals surface area contributed by atoms with E-state index in [2.05, 4.69) is 0 Å². The Bertz CT molecular complexity index is 307. The first-order valence-electron chi connectivity index (χ1n) is 5.97. The second-order valence-corrected chi connectivity index (χ2v) is 11.2. The standard InChI is InChI=1S/C11H21ClO3S2/c1-9(12)15-11(13)6-4-3-5-10-7-8-16-17(10,2)14/h9-10,17H,3-8H2,1-2H3/t9?,10-/m1/s1. The Morgan fingerprint density at radius 1 is 1.59 bits per heavy atom. The summed E-state index contributed by atoms with van der Waals surface area (Å²) in [7, 11) is -0.334. The van der Waals surface area contributed by atoms with Crippen LogP contribution in [0.25, 0.3) is 0 Å². The van der Waals surface area contributed by atoms with E-state index in [0.29, 0.717) is 11.7 Å². The van der Waals surface area contributed by atoms with E-state index in [9.17, 15) is 9.00 Å². The van der Waals surface area contributed by atoms with Crippen molar-refractivity contribution in [2.45, 2.75) is 49.8 Å². The molecule has 0 amide bonds. The fraction of sp³-hybridized carbons (Fsp3) is 0.909. The third kappa shape index (κ3) is 5.62. The molecule has 102 valence electrons. The van der Waals surface area contributed by atoms with E-state index >= 15 is 0 Å². The van der Waals surface area contributed by atoms with Crippen LogP contribution in [-0.2, 0) is 18.5 Å². The molecule has 0 aromatic heterocycles. The Hall–Kier alpha value is 0.260. The Morgan fingerprint density at radius 3 is 2.82 bits per heavy atom. The van der Waals surface area contributed by atoms with Crippen LogP contribution in [0.2, 0.25) is 0 Å². The van der Waals surface area contributed by atoms with Gasteiger partial charge in [0.1, 0.15) is 0 Å². The maximum atomic E-state index is 12.1. The number of rotatable bonds is 6. The lowest BCUT2D eigenvalue weighted by molar-refractivity contribution is -0.144. The van der Waals surface area contributed by atoms with Gasteiger partial charge in [0, 0.05) is 17.4 Å². The molecule has 1 saturated heterocycles. The second kappa shape index (κ2) is 7.00. The smallest absolute Gasteiger partial charge is 0.307 e. The highest BCUT2D eigenvalue weighted by Crippen LogP contribution is 2.37. The highest BCUT2D eigenvalue weighted by Gasteiger charge is 2.28. The molecule has 2 atom stereocenters. The van der Waals surface area contributed by atoms with Crippen molar-refractivity contribution in [3.63, 3.8) is 0 Å². The van der Waals surface area contributed by atoms with Crippen LogP contribution in [0.15, 0.2) is 0 Å². The first-order chi connectivity index (χ1) is 7.92. The number of carbonyl (C=O) groups is 1. The molecule has 0 aliphatic carbocycles. The van der Waals surface area contributed by atoms with Gasteiger partial charge in [-0.3, -0.25) is 9.00 Å². The quantitative estimate of drug-likeness (QED) is 0.269. The molecular weight excluding hydrogens is 280 g/mol. The zero-order chi connectivity index (χ0) is 12.9. The number of unbranched alkanes of at least 4 members (excludes halogenated alkanes) is 1. The Balaban J connectivity index is 2.12. The third-order valence-electron chi connectivity index (χ3n) is 2.92. The van der Waals surface area contributed by atoms with Gasteiger partial charge in [0.15, 0.2) is 5.56 Å². The maximum Gasteiger partial charge on any atom is 0.307 e. The van der Waals surface area contributed by atoms with Gasteiger partial charge in [-0.05, 0) is 32.4 Å². The van der Waals surface area contributed by atoms with Crippen LogP contribution in [0.3, 0.4) is 0 Å². The number of halogens is 1. The molecule has 0 spiro atoms. The van der Waals surface area contributed by atoms with E-state index in [4.69, 9.17) is 16.3 Å². The van der Waals surface area contributed by atoms with E-state index in [1.54, 1.807) is 17.7 Å². The summed E-state index contributed by atoms with van der Waals surface area (Å²) in [6, 6.07) is 0. The zero-order valence-electron chi connectivity index (χ0n) is 10.4. The van der Waals surface area contributed by atoms with Crippen molar-refractivity contribution in [2.75, 3.05) is 12.0 Å². The van der Waals surface area contributed by atoms with E-state index in [1.807, 2.05) is 6.26 Å². The summed E-state index contributed by atoms with van der Waals surface area (Å²) in [6.45, 7) is 1.63. The predicted octanol–water partition coefficient (Wildman–Crippen LogP) is 2.74. The van der Waals surface area contributed by atoms with Crippen LogP contribution in [0.1, 0.15) is 39.0 Å². The molecule has 1 aliphatic rings. The molecule has 17 heavy (non-hydrogen) atoms. The van der Waals surface area contributed by atoms with E-state index in [-0.39, 0.29) is 5.97 Å². The third-order valence-corrected chi connectivity index (χ3v) is 8.77. The van der Waals surface area contributed by atoms with Crippen molar-refractivity contribution in [2.24, 2.45) is 0 Å². The summed E-state index contributed by atoms with van der Waals surface area (Å²) in [5.41, 5.74) is -0.551. The van der Waals surface area contributed by atoms with Crippen LogP contribution in [0, 0.1) is 0 Å². The monoisotopic (exact) mass is 300 g/mol. The van der Waals surface area contributed by atoms with Crippen LogP contribution < -0.4 is 0 Å². The van der Waals surface area contributed by atoms with Gasteiger partial charge in [-0.15, -0.1) is 0 Å². The molecule has 1 unspecified atom stereocenters. The van der Waals surface area contributed by atoms with Gasteiger partial charge in [0.05, 0.1) is 0 Å². The van der Waals surface area contributed by atoms with E-state index < -0.39 is 14.5 Å². The predicted molar refractivity (Wildman–Crippen MR) is 76.2 cm³/mol. The summed E-state index contributed by atoms with van der Waals surface area (Å²) in [6.07, 6.45) is 6.05. The van der Waals surface area contributed by atoms with Crippen LogP contribution in [0.5, 0.6) is 0 Å². The molecular formula is C11H21ClO3S2. The minimum atomic E-state index is -1.96. The van der Waals surface area contributed by atoms with E-state index in [1.165, 1.54) is 0 Å². The molecule has 1 aliphatic heterocycles. The highest BCUT2D eigenvalue weighted by molar-refractivity contribution is 8.77. The molecule has 3 nitrogen and oxygen atoms in total. The summed E-state index contributed by atoms with van der Waals surface area (Å²) >= 11 is 5.54. The Labute approximate surface area is 113 Å². The zero-order valence-corrected chi connectivity index (χ0v) is 12.8. The molecule has 0 saturated carbocycles. The fourth-order valence-electron chi connectivity index (χ4n) is 1.98. The average Bonchev–Trinajstić information content (AvgIpc) is 2.51. The first kappa shape index (κ1) is 15.3. The number of alkyl halides is 1. The van der Waals surface area contributed by atoms with Crippen molar-refractivity contribution in [3.8, 4) is 0 Å². The van der Waals surface area contributed by atoms with Crippen molar-refractivity contribution in [1.82, 2.24) is 0 Å². The minimum Gasteiger partial charge on any atom is -0.446 e. The first-order valence-corrected chi connectivity index (χ1v) is 10.2. The van der Waals surface area contributed by atoms with Gasteiger partial charge in [-0.2, -0.15) is 0 Å². The molecule has 1 fully saturated rings. The number of carbonyl (C=O) groups excluding carboxylic acids is 1.